The molecule has 1 aromatic rings. The summed E-state index contributed by atoms with van der Waals surface area (Å²) in [4.78, 5) is 11.4. The first-order chi connectivity index (χ1) is 7.52. The molecule has 1 unspecified atom stereocenters. The zero-order chi connectivity index (χ0) is 12.1. The van der Waals surface area contributed by atoms with Crippen molar-refractivity contribution in [1.29, 1.82) is 0 Å². The molecule has 0 aliphatic heterocycles. The van der Waals surface area contributed by atoms with Crippen LogP contribution in [0.25, 0.3) is 0 Å². The van der Waals surface area contributed by atoms with E-state index >= 15 is 0 Å². The molecule has 0 saturated heterocycles. The van der Waals surface area contributed by atoms with Gasteiger partial charge in [0.05, 0.1) is 6.42 Å². The lowest BCUT2D eigenvalue weighted by molar-refractivity contribution is -0.120. The number of hydrogen-bond donors (Lipinski definition) is 1. The van der Waals surface area contributed by atoms with E-state index in [4.69, 9.17) is 0 Å². The van der Waals surface area contributed by atoms with Gasteiger partial charge in [0.25, 0.3) is 0 Å². The Labute approximate surface area is 101 Å². The average molecular weight is 292 g/mol. The van der Waals surface area contributed by atoms with Crippen LogP contribution < -0.4 is 5.32 Å². The first kappa shape index (κ1) is 13.1. The number of carbonyl (C=O) groups is 1. The molecule has 2 nitrogen and oxygen atoms in total. The Morgan fingerprint density at radius 3 is 2.75 bits per heavy atom. The number of carbonyl (C=O) groups excluding carboxylic acids is 1. The molecule has 0 saturated carbocycles. The van der Waals surface area contributed by atoms with Crippen LogP contribution in [0.3, 0.4) is 0 Å². The molecule has 1 atom stereocenters. The summed E-state index contributed by atoms with van der Waals surface area (Å²) in [7, 11) is 0. The van der Waals surface area contributed by atoms with Crippen molar-refractivity contribution in [2.45, 2.75) is 19.4 Å². The summed E-state index contributed by atoms with van der Waals surface area (Å²) in [5.74, 6) is -1.62. The lowest BCUT2D eigenvalue weighted by Gasteiger charge is -2.10. The second-order valence-corrected chi connectivity index (χ2v) is 4.18. The van der Waals surface area contributed by atoms with E-state index in [9.17, 15) is 13.6 Å². The number of alkyl halides is 1. The van der Waals surface area contributed by atoms with Crippen molar-refractivity contribution >= 4 is 21.8 Å². The van der Waals surface area contributed by atoms with Gasteiger partial charge in [0, 0.05) is 17.4 Å². The molecule has 1 rings (SSSR count). The number of rotatable bonds is 4. The average Bonchev–Trinajstić information content (AvgIpc) is 2.22. The zero-order valence-electron chi connectivity index (χ0n) is 8.77. The van der Waals surface area contributed by atoms with Crippen molar-refractivity contribution in [3.8, 4) is 0 Å². The second-order valence-electron chi connectivity index (χ2n) is 3.54. The molecule has 5 heteroatoms. The van der Waals surface area contributed by atoms with Crippen molar-refractivity contribution in [2.24, 2.45) is 0 Å². The lowest BCUT2D eigenvalue weighted by Crippen LogP contribution is -2.34. The van der Waals surface area contributed by atoms with E-state index in [1.807, 2.05) is 6.92 Å². The molecule has 0 bridgehead atoms. The third kappa shape index (κ3) is 3.89. The van der Waals surface area contributed by atoms with Crippen LogP contribution in [-0.4, -0.2) is 17.3 Å². The molecule has 0 aliphatic carbocycles. The van der Waals surface area contributed by atoms with Gasteiger partial charge in [0.2, 0.25) is 5.91 Å². The summed E-state index contributed by atoms with van der Waals surface area (Å²) in [6.07, 6.45) is -0.0799. The van der Waals surface area contributed by atoms with Gasteiger partial charge >= 0.3 is 0 Å². The highest BCUT2D eigenvalue weighted by molar-refractivity contribution is 9.09. The predicted octanol–water partition coefficient (Wildman–Crippen LogP) is 2.41. The standard InChI is InChI=1S/C11H12BrF2NO/c1-7(6-12)15-11(16)4-8-2-3-9(13)5-10(8)14/h2-3,5,7H,4,6H2,1H3,(H,15,16). The minimum Gasteiger partial charge on any atom is -0.353 e. The summed E-state index contributed by atoms with van der Waals surface area (Å²) in [6, 6.07) is 3.18. The van der Waals surface area contributed by atoms with E-state index in [0.717, 1.165) is 12.1 Å². The Bertz CT molecular complexity index is 384. The van der Waals surface area contributed by atoms with Crippen LogP contribution in [0.15, 0.2) is 18.2 Å². The Morgan fingerprint density at radius 1 is 1.50 bits per heavy atom. The number of nitrogens with one attached hydrogen (secondary N) is 1. The first-order valence-corrected chi connectivity index (χ1v) is 5.94. The molecule has 1 amide bonds. The SMILES string of the molecule is CC(CBr)NC(=O)Cc1ccc(F)cc1F. The molecule has 1 N–H and O–H groups in total. The summed E-state index contributed by atoms with van der Waals surface area (Å²) in [5.41, 5.74) is 0.195. The molecular weight excluding hydrogens is 280 g/mol. The van der Waals surface area contributed by atoms with E-state index in [1.165, 1.54) is 6.07 Å². The van der Waals surface area contributed by atoms with Gasteiger partial charge in [-0.05, 0) is 18.6 Å². The van der Waals surface area contributed by atoms with Crippen molar-refractivity contribution in [3.05, 3.63) is 35.4 Å². The molecule has 0 heterocycles. The largest absolute Gasteiger partial charge is 0.353 e. The van der Waals surface area contributed by atoms with Crippen LogP contribution in [0.5, 0.6) is 0 Å². The number of benzene rings is 1. The van der Waals surface area contributed by atoms with Crippen molar-refractivity contribution in [3.63, 3.8) is 0 Å². The van der Waals surface area contributed by atoms with E-state index in [-0.39, 0.29) is 23.9 Å². The topological polar surface area (TPSA) is 29.1 Å². The van der Waals surface area contributed by atoms with Crippen LogP contribution in [-0.2, 0) is 11.2 Å². The van der Waals surface area contributed by atoms with Crippen molar-refractivity contribution < 1.29 is 13.6 Å². The highest BCUT2D eigenvalue weighted by Crippen LogP contribution is 2.10. The maximum Gasteiger partial charge on any atom is 0.224 e. The minimum absolute atomic E-state index is 0.0176. The number of hydrogen-bond acceptors (Lipinski definition) is 1. The summed E-state index contributed by atoms with van der Waals surface area (Å²) >= 11 is 3.21. The predicted molar refractivity (Wildman–Crippen MR) is 61.5 cm³/mol. The van der Waals surface area contributed by atoms with Crippen LogP contribution >= 0.6 is 15.9 Å². The maximum atomic E-state index is 13.2. The van der Waals surface area contributed by atoms with Gasteiger partial charge in [-0.1, -0.05) is 22.0 Å². The quantitative estimate of drug-likeness (QED) is 0.848. The molecule has 0 spiro atoms. The van der Waals surface area contributed by atoms with Gasteiger partial charge in [0.15, 0.2) is 0 Å². The lowest BCUT2D eigenvalue weighted by atomic mass is 10.1. The normalized spacial score (nSPS) is 12.2. The number of halogens is 3. The molecule has 1 aromatic carbocycles. The Balaban J connectivity index is 2.63. The summed E-state index contributed by atoms with van der Waals surface area (Å²) < 4.78 is 25.8. The van der Waals surface area contributed by atoms with Crippen molar-refractivity contribution in [1.82, 2.24) is 5.32 Å². The summed E-state index contributed by atoms with van der Waals surface area (Å²) in [6.45, 7) is 1.83. The fourth-order valence-corrected chi connectivity index (χ4v) is 1.36. The zero-order valence-corrected chi connectivity index (χ0v) is 10.4. The summed E-state index contributed by atoms with van der Waals surface area (Å²) in [5, 5.41) is 3.30. The fraction of sp³-hybridized carbons (Fsp3) is 0.364. The third-order valence-corrected chi connectivity index (χ3v) is 2.98. The van der Waals surface area contributed by atoms with E-state index < -0.39 is 11.6 Å². The highest BCUT2D eigenvalue weighted by atomic mass is 79.9. The van der Waals surface area contributed by atoms with Crippen LogP contribution in [0.1, 0.15) is 12.5 Å². The molecular formula is C11H12BrF2NO. The number of amides is 1. The first-order valence-electron chi connectivity index (χ1n) is 4.82. The van der Waals surface area contributed by atoms with E-state index in [2.05, 4.69) is 21.2 Å². The van der Waals surface area contributed by atoms with Crippen LogP contribution in [0, 0.1) is 11.6 Å². The second kappa shape index (κ2) is 5.94. The molecule has 88 valence electrons. The van der Waals surface area contributed by atoms with Gasteiger partial charge in [-0.25, -0.2) is 8.78 Å². The van der Waals surface area contributed by atoms with Gasteiger partial charge in [0.1, 0.15) is 11.6 Å². The Kier molecular flexibility index (Phi) is 4.86. The van der Waals surface area contributed by atoms with E-state index in [0.29, 0.717) is 5.33 Å². The molecule has 0 aromatic heterocycles. The monoisotopic (exact) mass is 291 g/mol. The van der Waals surface area contributed by atoms with Crippen LogP contribution in [0.2, 0.25) is 0 Å². The smallest absolute Gasteiger partial charge is 0.224 e. The van der Waals surface area contributed by atoms with Gasteiger partial charge in [-0.3, -0.25) is 4.79 Å². The molecule has 0 fully saturated rings. The highest BCUT2D eigenvalue weighted by Gasteiger charge is 2.10. The Hall–Kier alpha value is -0.970. The van der Waals surface area contributed by atoms with Gasteiger partial charge < -0.3 is 5.32 Å². The molecule has 16 heavy (non-hydrogen) atoms. The Morgan fingerprint density at radius 2 is 2.19 bits per heavy atom. The van der Waals surface area contributed by atoms with Gasteiger partial charge in [-0.2, -0.15) is 0 Å². The third-order valence-electron chi connectivity index (χ3n) is 2.00. The van der Waals surface area contributed by atoms with Crippen molar-refractivity contribution in [2.75, 3.05) is 5.33 Å². The van der Waals surface area contributed by atoms with Gasteiger partial charge in [-0.15, -0.1) is 0 Å². The van der Waals surface area contributed by atoms with E-state index in [1.54, 1.807) is 0 Å². The molecule has 0 aliphatic rings. The minimum atomic E-state index is -0.693. The van der Waals surface area contributed by atoms with Crippen LogP contribution in [0.4, 0.5) is 8.78 Å². The maximum absolute atomic E-state index is 13.2. The molecule has 0 radical (unpaired) electrons. The fourth-order valence-electron chi connectivity index (χ4n) is 1.20.